The van der Waals surface area contributed by atoms with Gasteiger partial charge in [-0.1, -0.05) is 17.7 Å². The molecule has 3 aromatic rings. The van der Waals surface area contributed by atoms with E-state index in [1.807, 2.05) is 6.92 Å². The fourth-order valence-electron chi connectivity index (χ4n) is 3.60. The van der Waals surface area contributed by atoms with Crippen molar-refractivity contribution in [1.82, 2.24) is 4.31 Å². The van der Waals surface area contributed by atoms with Crippen molar-refractivity contribution in [1.29, 1.82) is 0 Å². The van der Waals surface area contributed by atoms with E-state index < -0.39 is 16.1 Å². The SMILES string of the molecule is Cc1ccc(S(=O)(=O)N2CCC[C@H]2C(=O)Nc2ccc(NC(=O)c3ccco3)cc2)cc1. The molecular formula is C23H23N3O5S. The smallest absolute Gasteiger partial charge is 0.291 e. The maximum Gasteiger partial charge on any atom is 0.291 e. The van der Waals surface area contributed by atoms with E-state index in [4.69, 9.17) is 4.42 Å². The molecule has 0 saturated carbocycles. The van der Waals surface area contributed by atoms with Gasteiger partial charge >= 0.3 is 0 Å². The molecular weight excluding hydrogens is 430 g/mol. The van der Waals surface area contributed by atoms with Crippen molar-refractivity contribution in [2.45, 2.75) is 30.7 Å². The van der Waals surface area contributed by atoms with Crippen molar-refractivity contribution in [3.63, 3.8) is 0 Å². The molecule has 1 aliphatic rings. The number of nitrogens with one attached hydrogen (secondary N) is 2. The predicted molar refractivity (Wildman–Crippen MR) is 120 cm³/mol. The first-order valence-corrected chi connectivity index (χ1v) is 11.6. The third kappa shape index (κ3) is 4.58. The number of benzene rings is 2. The molecule has 0 unspecified atom stereocenters. The van der Waals surface area contributed by atoms with Crippen molar-refractivity contribution in [2.75, 3.05) is 17.2 Å². The van der Waals surface area contributed by atoms with E-state index >= 15 is 0 Å². The van der Waals surface area contributed by atoms with Gasteiger partial charge in [-0.25, -0.2) is 8.42 Å². The minimum Gasteiger partial charge on any atom is -0.459 e. The van der Waals surface area contributed by atoms with E-state index in [2.05, 4.69) is 10.6 Å². The van der Waals surface area contributed by atoms with E-state index in [9.17, 15) is 18.0 Å². The number of carbonyl (C=O) groups is 2. The van der Waals surface area contributed by atoms with Crippen LogP contribution in [0.3, 0.4) is 0 Å². The fourth-order valence-corrected chi connectivity index (χ4v) is 5.25. The zero-order valence-electron chi connectivity index (χ0n) is 17.4. The van der Waals surface area contributed by atoms with Crippen molar-refractivity contribution < 1.29 is 22.4 Å². The molecule has 0 aliphatic carbocycles. The Bertz CT molecular complexity index is 1200. The minimum atomic E-state index is -3.77. The molecule has 2 N–H and O–H groups in total. The van der Waals surface area contributed by atoms with Crippen LogP contribution in [0, 0.1) is 6.92 Å². The van der Waals surface area contributed by atoms with Crippen molar-refractivity contribution in [3.8, 4) is 0 Å². The Kier molecular flexibility index (Phi) is 6.11. The standard InChI is InChI=1S/C23H23N3O5S/c1-16-6-12-19(13-7-16)32(29,30)26-14-2-4-20(26)22(27)24-17-8-10-18(11-9-17)25-23(28)21-5-3-15-31-21/h3,5-13,15,20H,2,4,14H2,1H3,(H,24,27)(H,25,28)/t20-/m0/s1. The zero-order valence-corrected chi connectivity index (χ0v) is 18.3. The highest BCUT2D eigenvalue weighted by molar-refractivity contribution is 7.89. The lowest BCUT2D eigenvalue weighted by atomic mass is 10.2. The molecule has 1 fully saturated rings. The molecule has 166 valence electrons. The van der Waals surface area contributed by atoms with Crippen LogP contribution in [0.1, 0.15) is 29.0 Å². The summed E-state index contributed by atoms with van der Waals surface area (Å²) < 4.78 is 32.4. The Labute approximate surface area is 186 Å². The van der Waals surface area contributed by atoms with Crippen molar-refractivity contribution in [2.24, 2.45) is 0 Å². The van der Waals surface area contributed by atoms with Gasteiger partial charge in [0.25, 0.3) is 5.91 Å². The Morgan fingerprint density at radius 3 is 2.25 bits per heavy atom. The highest BCUT2D eigenvalue weighted by Gasteiger charge is 2.39. The highest BCUT2D eigenvalue weighted by Crippen LogP contribution is 2.27. The van der Waals surface area contributed by atoms with Gasteiger partial charge in [0.2, 0.25) is 15.9 Å². The number of anilines is 2. The maximum atomic E-state index is 13.1. The maximum absolute atomic E-state index is 13.1. The summed E-state index contributed by atoms with van der Waals surface area (Å²) in [5.74, 6) is -0.571. The van der Waals surface area contributed by atoms with E-state index in [0.29, 0.717) is 30.8 Å². The number of sulfonamides is 1. The molecule has 32 heavy (non-hydrogen) atoms. The number of nitrogens with zero attached hydrogens (tertiary/aromatic N) is 1. The Morgan fingerprint density at radius 1 is 0.969 bits per heavy atom. The molecule has 2 heterocycles. The molecule has 2 amide bonds. The van der Waals surface area contributed by atoms with Crippen LogP contribution in [-0.2, 0) is 14.8 Å². The van der Waals surface area contributed by atoms with Crippen molar-refractivity contribution >= 4 is 33.2 Å². The summed E-state index contributed by atoms with van der Waals surface area (Å²) in [4.78, 5) is 25.1. The van der Waals surface area contributed by atoms with Crippen LogP contribution in [0.4, 0.5) is 11.4 Å². The molecule has 2 aromatic carbocycles. The van der Waals surface area contributed by atoms with Gasteiger partial charge in [-0.2, -0.15) is 4.31 Å². The zero-order chi connectivity index (χ0) is 22.7. The third-order valence-electron chi connectivity index (χ3n) is 5.29. The summed E-state index contributed by atoms with van der Waals surface area (Å²) in [6.45, 7) is 2.18. The number of aryl methyl sites for hydroxylation is 1. The molecule has 4 rings (SSSR count). The first kappa shape index (κ1) is 21.8. The lowest BCUT2D eigenvalue weighted by Gasteiger charge is -2.23. The van der Waals surface area contributed by atoms with Crippen LogP contribution in [0.2, 0.25) is 0 Å². The van der Waals surface area contributed by atoms with Gasteiger partial charge in [0.1, 0.15) is 6.04 Å². The van der Waals surface area contributed by atoms with Crippen LogP contribution in [0.25, 0.3) is 0 Å². The lowest BCUT2D eigenvalue weighted by Crippen LogP contribution is -2.43. The topological polar surface area (TPSA) is 109 Å². The predicted octanol–water partition coefficient (Wildman–Crippen LogP) is 3.63. The van der Waals surface area contributed by atoms with E-state index in [-0.39, 0.29) is 22.5 Å². The largest absolute Gasteiger partial charge is 0.459 e. The summed E-state index contributed by atoms with van der Waals surface area (Å²) in [5.41, 5.74) is 2.00. The number of furan rings is 1. The summed E-state index contributed by atoms with van der Waals surface area (Å²) in [6.07, 6.45) is 2.48. The molecule has 1 saturated heterocycles. The van der Waals surface area contributed by atoms with Crippen LogP contribution < -0.4 is 10.6 Å². The quantitative estimate of drug-likeness (QED) is 0.592. The van der Waals surface area contributed by atoms with E-state index in [1.165, 1.54) is 10.6 Å². The molecule has 1 aromatic heterocycles. The van der Waals surface area contributed by atoms with Gasteiger partial charge < -0.3 is 15.1 Å². The average molecular weight is 454 g/mol. The highest BCUT2D eigenvalue weighted by atomic mass is 32.2. The third-order valence-corrected chi connectivity index (χ3v) is 7.21. The first-order valence-electron chi connectivity index (χ1n) is 10.2. The molecule has 0 bridgehead atoms. The van der Waals surface area contributed by atoms with E-state index in [1.54, 1.807) is 60.7 Å². The summed E-state index contributed by atoms with van der Waals surface area (Å²) >= 11 is 0. The van der Waals surface area contributed by atoms with Crippen LogP contribution >= 0.6 is 0 Å². The summed E-state index contributed by atoms with van der Waals surface area (Å²) in [7, 11) is -3.77. The molecule has 1 aliphatic heterocycles. The molecule has 8 nitrogen and oxygen atoms in total. The molecule has 0 spiro atoms. The molecule has 9 heteroatoms. The monoisotopic (exact) mass is 453 g/mol. The fraction of sp³-hybridized carbons (Fsp3) is 0.217. The number of hydrogen-bond acceptors (Lipinski definition) is 5. The van der Waals surface area contributed by atoms with Crippen LogP contribution in [-0.4, -0.2) is 37.1 Å². The lowest BCUT2D eigenvalue weighted by molar-refractivity contribution is -0.119. The Morgan fingerprint density at radius 2 is 1.62 bits per heavy atom. The normalized spacial score (nSPS) is 16.6. The van der Waals surface area contributed by atoms with Gasteiger partial charge in [-0.05, 0) is 68.3 Å². The number of hydrogen-bond donors (Lipinski definition) is 2. The Balaban J connectivity index is 1.42. The van der Waals surface area contributed by atoms with Gasteiger partial charge in [-0.3, -0.25) is 9.59 Å². The second-order valence-corrected chi connectivity index (χ2v) is 9.48. The van der Waals surface area contributed by atoms with E-state index in [0.717, 1.165) is 5.56 Å². The molecule has 1 atom stereocenters. The second kappa shape index (κ2) is 8.97. The van der Waals surface area contributed by atoms with Gasteiger partial charge in [0.05, 0.1) is 11.2 Å². The first-order chi connectivity index (χ1) is 15.3. The summed E-state index contributed by atoms with van der Waals surface area (Å²) in [6, 6.07) is 15.6. The summed E-state index contributed by atoms with van der Waals surface area (Å²) in [5, 5.41) is 5.47. The van der Waals surface area contributed by atoms with Gasteiger partial charge in [-0.15, -0.1) is 0 Å². The number of carbonyl (C=O) groups excluding carboxylic acids is 2. The molecule has 0 radical (unpaired) electrons. The van der Waals surface area contributed by atoms with Gasteiger partial charge in [0, 0.05) is 17.9 Å². The Hall–Kier alpha value is -3.43. The average Bonchev–Trinajstić information content (AvgIpc) is 3.48. The second-order valence-electron chi connectivity index (χ2n) is 7.58. The van der Waals surface area contributed by atoms with Crippen LogP contribution in [0.15, 0.2) is 76.2 Å². The minimum absolute atomic E-state index is 0.180. The van der Waals surface area contributed by atoms with Crippen LogP contribution in [0.5, 0.6) is 0 Å². The van der Waals surface area contributed by atoms with Crippen molar-refractivity contribution in [3.05, 3.63) is 78.3 Å². The van der Waals surface area contributed by atoms with Gasteiger partial charge in [0.15, 0.2) is 5.76 Å². The number of amides is 2. The number of rotatable bonds is 6.